The van der Waals surface area contributed by atoms with Crippen molar-refractivity contribution < 1.29 is 36.9 Å². The zero-order valence-corrected chi connectivity index (χ0v) is 17.6. The molecule has 32 heavy (non-hydrogen) atoms. The molecule has 0 amide bonds. The Labute approximate surface area is 185 Å². The van der Waals surface area contributed by atoms with Crippen molar-refractivity contribution in [1.29, 1.82) is 0 Å². The number of alkyl halides is 3. The number of carbonyl (C=O) groups excluding carboxylic acids is 1. The summed E-state index contributed by atoms with van der Waals surface area (Å²) in [7, 11) is 1.53. The van der Waals surface area contributed by atoms with E-state index >= 15 is 0 Å². The summed E-state index contributed by atoms with van der Waals surface area (Å²) in [5.41, 5.74) is 0.495. The third-order valence-electron chi connectivity index (χ3n) is 3.99. The molecular weight excluding hydrogens is 455 g/mol. The second-order valence-electron chi connectivity index (χ2n) is 6.21. The average molecular weight is 472 g/mol. The Kier molecular flexibility index (Phi) is 7.08. The smallest absolute Gasteiger partial charge is 0.497 e. The van der Waals surface area contributed by atoms with Gasteiger partial charge >= 0.3 is 12.3 Å². The Balaban J connectivity index is 1.96. The zero-order valence-electron chi connectivity index (χ0n) is 16.9. The predicted octanol–water partition coefficient (Wildman–Crippen LogP) is 4.86. The molecule has 3 rings (SSSR count). The molecule has 8 nitrogen and oxygen atoms in total. The summed E-state index contributed by atoms with van der Waals surface area (Å²) in [4.78, 5) is 12.3. The van der Waals surface area contributed by atoms with Crippen molar-refractivity contribution in [3.63, 3.8) is 0 Å². The van der Waals surface area contributed by atoms with E-state index in [1.807, 2.05) is 0 Å². The van der Waals surface area contributed by atoms with Gasteiger partial charge in [-0.3, -0.25) is 0 Å². The van der Waals surface area contributed by atoms with Gasteiger partial charge < -0.3 is 18.9 Å². The Morgan fingerprint density at radius 1 is 1.12 bits per heavy atom. The van der Waals surface area contributed by atoms with Crippen LogP contribution in [-0.4, -0.2) is 41.0 Å². The Morgan fingerprint density at radius 2 is 1.81 bits per heavy atom. The van der Waals surface area contributed by atoms with Crippen LogP contribution in [0.1, 0.15) is 23.0 Å². The van der Waals surface area contributed by atoms with Crippen molar-refractivity contribution in [2.24, 2.45) is 0 Å². The Hall–Kier alpha value is -3.47. The van der Waals surface area contributed by atoms with Gasteiger partial charge in [0.25, 0.3) is 5.88 Å². The maximum absolute atomic E-state index is 12.6. The van der Waals surface area contributed by atoms with Crippen LogP contribution in [0.15, 0.2) is 42.5 Å². The molecule has 1 heterocycles. The van der Waals surface area contributed by atoms with Crippen molar-refractivity contribution in [3.05, 3.63) is 58.7 Å². The maximum atomic E-state index is 12.6. The van der Waals surface area contributed by atoms with Gasteiger partial charge in [-0.15, -0.1) is 18.3 Å². The van der Waals surface area contributed by atoms with Crippen LogP contribution in [0.3, 0.4) is 0 Å². The summed E-state index contributed by atoms with van der Waals surface area (Å²) >= 11 is 6.08. The van der Waals surface area contributed by atoms with E-state index in [1.54, 1.807) is 31.2 Å². The maximum Gasteiger partial charge on any atom is 0.573 e. The molecule has 0 saturated carbocycles. The fourth-order valence-electron chi connectivity index (χ4n) is 2.60. The molecule has 0 N–H and O–H groups in total. The zero-order chi connectivity index (χ0) is 23.3. The standard InChI is InChI=1S/C20H17ClF3N3O5/c1-3-30-19(28)17-18(27(26-25-17)11-12-4-6-13(29-2)7-5-12)31-16-10-14(8-9-15(16)21)32-20(22,23)24/h4-10H,3,11H2,1-2H3. The number of halogens is 4. The lowest BCUT2D eigenvalue weighted by molar-refractivity contribution is -0.274. The minimum Gasteiger partial charge on any atom is -0.497 e. The minimum atomic E-state index is -4.90. The summed E-state index contributed by atoms with van der Waals surface area (Å²) in [5.74, 6) is -1.09. The molecule has 1 aromatic heterocycles. The largest absolute Gasteiger partial charge is 0.573 e. The lowest BCUT2D eigenvalue weighted by atomic mass is 10.2. The van der Waals surface area contributed by atoms with E-state index < -0.39 is 18.1 Å². The van der Waals surface area contributed by atoms with Gasteiger partial charge in [-0.2, -0.15) is 0 Å². The first-order valence-electron chi connectivity index (χ1n) is 9.17. The number of esters is 1. The van der Waals surface area contributed by atoms with Crippen LogP contribution >= 0.6 is 11.6 Å². The van der Waals surface area contributed by atoms with Crippen molar-refractivity contribution in [2.45, 2.75) is 19.8 Å². The Morgan fingerprint density at radius 3 is 2.44 bits per heavy atom. The van der Waals surface area contributed by atoms with Gasteiger partial charge in [0.05, 0.1) is 25.3 Å². The van der Waals surface area contributed by atoms with Crippen LogP contribution in [0.4, 0.5) is 13.2 Å². The monoisotopic (exact) mass is 471 g/mol. The van der Waals surface area contributed by atoms with Crippen molar-refractivity contribution in [2.75, 3.05) is 13.7 Å². The normalized spacial score (nSPS) is 11.2. The number of rotatable bonds is 8. The predicted molar refractivity (Wildman–Crippen MR) is 106 cm³/mol. The minimum absolute atomic E-state index is 0.0217. The van der Waals surface area contributed by atoms with E-state index in [4.69, 9.17) is 25.8 Å². The number of nitrogens with zero attached hydrogens (tertiary/aromatic N) is 3. The van der Waals surface area contributed by atoms with Crippen LogP contribution in [0, 0.1) is 0 Å². The molecule has 3 aromatic rings. The van der Waals surface area contributed by atoms with E-state index in [2.05, 4.69) is 15.0 Å². The molecule has 0 bridgehead atoms. The molecule has 0 fully saturated rings. The second-order valence-corrected chi connectivity index (χ2v) is 6.62. The summed E-state index contributed by atoms with van der Waals surface area (Å²) in [6.07, 6.45) is -4.90. The van der Waals surface area contributed by atoms with E-state index in [0.717, 1.165) is 17.7 Å². The molecule has 170 valence electrons. The highest BCUT2D eigenvalue weighted by Crippen LogP contribution is 2.36. The number of ether oxygens (including phenoxy) is 4. The van der Waals surface area contributed by atoms with Gasteiger partial charge in [0.15, 0.2) is 5.75 Å². The summed E-state index contributed by atoms with van der Waals surface area (Å²) < 4.78 is 58.6. The topological polar surface area (TPSA) is 84.7 Å². The molecule has 2 aromatic carbocycles. The van der Waals surface area contributed by atoms with Crippen LogP contribution in [-0.2, 0) is 11.3 Å². The third kappa shape index (κ3) is 5.82. The Bertz CT molecular complexity index is 1090. The molecule has 12 heteroatoms. The number of carbonyl (C=O) groups is 1. The molecule has 0 aliphatic heterocycles. The van der Waals surface area contributed by atoms with Crippen LogP contribution < -0.4 is 14.2 Å². The lowest BCUT2D eigenvalue weighted by Gasteiger charge is -2.13. The van der Waals surface area contributed by atoms with E-state index in [9.17, 15) is 18.0 Å². The molecular formula is C20H17ClF3N3O5. The summed E-state index contributed by atoms with van der Waals surface area (Å²) in [6, 6.07) is 10.1. The number of methoxy groups -OCH3 is 1. The first kappa shape index (κ1) is 23.2. The SMILES string of the molecule is CCOC(=O)c1nnn(Cc2ccc(OC)cc2)c1Oc1cc(OC(F)(F)F)ccc1Cl. The number of hydrogen-bond acceptors (Lipinski definition) is 7. The highest BCUT2D eigenvalue weighted by Gasteiger charge is 2.31. The molecule has 0 aliphatic carbocycles. The lowest BCUT2D eigenvalue weighted by Crippen LogP contribution is -2.17. The highest BCUT2D eigenvalue weighted by molar-refractivity contribution is 6.32. The van der Waals surface area contributed by atoms with Crippen molar-refractivity contribution >= 4 is 17.6 Å². The average Bonchev–Trinajstić information content (AvgIpc) is 3.12. The van der Waals surface area contributed by atoms with Gasteiger partial charge in [-0.1, -0.05) is 28.9 Å². The molecule has 0 saturated heterocycles. The van der Waals surface area contributed by atoms with Gasteiger partial charge in [-0.25, -0.2) is 9.48 Å². The van der Waals surface area contributed by atoms with Gasteiger partial charge in [0.2, 0.25) is 5.69 Å². The van der Waals surface area contributed by atoms with Crippen LogP contribution in [0.25, 0.3) is 0 Å². The van der Waals surface area contributed by atoms with Crippen LogP contribution in [0.5, 0.6) is 23.1 Å². The number of aromatic nitrogens is 3. The van der Waals surface area contributed by atoms with Gasteiger partial charge in [0.1, 0.15) is 11.5 Å². The van der Waals surface area contributed by atoms with Crippen molar-refractivity contribution in [1.82, 2.24) is 15.0 Å². The number of hydrogen-bond donors (Lipinski definition) is 0. The van der Waals surface area contributed by atoms with Crippen molar-refractivity contribution in [3.8, 4) is 23.1 Å². The van der Waals surface area contributed by atoms with Gasteiger partial charge in [-0.05, 0) is 36.8 Å². The molecule has 0 atom stereocenters. The molecule has 0 aliphatic rings. The number of benzene rings is 2. The summed E-state index contributed by atoms with van der Waals surface area (Å²) in [6.45, 7) is 1.80. The molecule has 0 spiro atoms. The highest BCUT2D eigenvalue weighted by atomic mass is 35.5. The van der Waals surface area contributed by atoms with E-state index in [0.29, 0.717) is 5.75 Å². The first-order chi connectivity index (χ1) is 15.2. The fourth-order valence-corrected chi connectivity index (χ4v) is 2.76. The summed E-state index contributed by atoms with van der Waals surface area (Å²) in [5, 5.41) is 7.71. The first-order valence-corrected chi connectivity index (χ1v) is 9.54. The fraction of sp³-hybridized carbons (Fsp3) is 0.250. The second kappa shape index (κ2) is 9.77. The third-order valence-corrected chi connectivity index (χ3v) is 4.31. The quantitative estimate of drug-likeness (QED) is 0.434. The van der Waals surface area contributed by atoms with E-state index in [1.165, 1.54) is 17.9 Å². The molecule has 0 unspecified atom stereocenters. The van der Waals surface area contributed by atoms with Gasteiger partial charge in [0, 0.05) is 6.07 Å². The van der Waals surface area contributed by atoms with Crippen LogP contribution in [0.2, 0.25) is 5.02 Å². The van der Waals surface area contributed by atoms with E-state index in [-0.39, 0.29) is 35.5 Å². The molecule has 0 radical (unpaired) electrons.